The van der Waals surface area contributed by atoms with Gasteiger partial charge in [-0.1, -0.05) is 0 Å². The summed E-state index contributed by atoms with van der Waals surface area (Å²) < 4.78 is 121. The largest absolute Gasteiger partial charge is 0.497 e. The van der Waals surface area contributed by atoms with Gasteiger partial charge in [0, 0.05) is 36.0 Å². The highest BCUT2D eigenvalue weighted by Gasteiger charge is 2.39. The Labute approximate surface area is 363 Å². The number of sulfonamides is 1. The molecule has 1 fully saturated rings. The maximum absolute atomic E-state index is 16.7. The monoisotopic (exact) mass is 891 g/mol. The second-order valence-corrected chi connectivity index (χ2v) is 19.9. The number of halogens is 3. The summed E-state index contributed by atoms with van der Waals surface area (Å²) in [4.78, 5) is 44.8. The Hall–Kier alpha value is -5.59. The van der Waals surface area contributed by atoms with E-state index in [4.69, 9.17) is 28.2 Å². The lowest BCUT2D eigenvalue weighted by atomic mass is 9.81. The van der Waals surface area contributed by atoms with Crippen molar-refractivity contribution in [2.24, 2.45) is 0 Å². The summed E-state index contributed by atoms with van der Waals surface area (Å²) in [7, 11) is -8.07. The third-order valence-corrected chi connectivity index (χ3v) is 10.7. The Morgan fingerprint density at radius 3 is 2.00 bits per heavy atom. The van der Waals surface area contributed by atoms with Gasteiger partial charge in [0.25, 0.3) is 10.0 Å². The van der Waals surface area contributed by atoms with Gasteiger partial charge in [-0.3, -0.25) is 9.40 Å². The summed E-state index contributed by atoms with van der Waals surface area (Å²) in [5, 5.41) is 7.56. The summed E-state index contributed by atoms with van der Waals surface area (Å²) in [5.74, 6) is -5.13. The van der Waals surface area contributed by atoms with Crippen LogP contribution in [0.15, 0.2) is 41.4 Å². The lowest BCUT2D eigenvalue weighted by Gasteiger charge is -2.31. The first-order valence-electron chi connectivity index (χ1n) is 21.4. The van der Waals surface area contributed by atoms with Crippen molar-refractivity contribution in [1.82, 2.24) is 20.1 Å². The number of methoxy groups -OCH3 is 1. The van der Waals surface area contributed by atoms with E-state index in [-0.39, 0.29) is 23.0 Å². The molecule has 0 radical (unpaired) electrons. The van der Waals surface area contributed by atoms with E-state index < -0.39 is 103 Å². The van der Waals surface area contributed by atoms with Crippen LogP contribution in [-0.2, 0) is 24.2 Å². The van der Waals surface area contributed by atoms with Crippen LogP contribution >= 0.6 is 0 Å². The number of nitrogens with zero attached hydrogens (tertiary/aromatic N) is 4. The Morgan fingerprint density at radius 1 is 0.855 bits per heavy atom. The summed E-state index contributed by atoms with van der Waals surface area (Å²) >= 11 is 0. The molecular formula is C43H55F3N6O9S. The van der Waals surface area contributed by atoms with E-state index in [9.17, 15) is 27.2 Å². The third kappa shape index (κ3) is 11.1. The van der Waals surface area contributed by atoms with Gasteiger partial charge in [0.2, 0.25) is 0 Å². The first kappa shape index (κ1) is 43.1. The number of anilines is 2. The number of imide groups is 1. The average Bonchev–Trinajstić information content (AvgIpc) is 3.52. The van der Waals surface area contributed by atoms with Crippen LogP contribution in [-0.4, -0.2) is 71.3 Å². The second kappa shape index (κ2) is 17.6. The van der Waals surface area contributed by atoms with Crippen LogP contribution in [0.25, 0.3) is 22.2 Å². The summed E-state index contributed by atoms with van der Waals surface area (Å²) in [6.45, 7) is 18.3. The minimum Gasteiger partial charge on any atom is -0.497 e. The number of alkyl carbamates (subject to hydrolysis) is 1. The van der Waals surface area contributed by atoms with Gasteiger partial charge in [-0.15, -0.1) is 0 Å². The molecule has 1 aliphatic rings. The third-order valence-electron chi connectivity index (χ3n) is 9.34. The summed E-state index contributed by atoms with van der Waals surface area (Å²) in [5.41, 5.74) is -3.91. The molecule has 15 nitrogen and oxygen atoms in total. The van der Waals surface area contributed by atoms with E-state index in [2.05, 4.69) is 10.3 Å². The molecule has 0 unspecified atom stereocenters. The predicted molar refractivity (Wildman–Crippen MR) is 226 cm³/mol. The number of carbonyl (C=O) groups is 3. The minimum atomic E-state index is -5.05. The number of benzene rings is 2. The van der Waals surface area contributed by atoms with Crippen molar-refractivity contribution in [2.45, 2.75) is 142 Å². The number of amides is 3. The van der Waals surface area contributed by atoms with Crippen LogP contribution in [0, 0.1) is 17.5 Å². The maximum Gasteiger partial charge on any atom is 0.425 e. The highest BCUT2D eigenvalue weighted by atomic mass is 32.2. The molecule has 0 bridgehead atoms. The molecule has 19 heteroatoms. The van der Waals surface area contributed by atoms with Crippen LogP contribution in [0.2, 0.25) is 0 Å². The Balaban J connectivity index is 1.70. The van der Waals surface area contributed by atoms with Crippen molar-refractivity contribution in [3.63, 3.8) is 0 Å². The summed E-state index contributed by atoms with van der Waals surface area (Å²) in [6, 6.07) is 2.52. The SMILES string of the molecule is [2H]C([2H])([2H])Oc1ccc(F)c(S(=O)(=O)Nc2cc(F)c(-c3nn(C(C)C)c4c(C5CCC(NC(=O)OC(C)(C)C)CC5)cnc(N(C(=O)OC(C)(C)C)C(=O)OC(C)(C)C)c34)cc2F)c1. The molecule has 3 amide bonds. The zero-order valence-corrected chi connectivity index (χ0v) is 37.3. The van der Waals surface area contributed by atoms with E-state index >= 15 is 8.78 Å². The Kier molecular flexibility index (Phi) is 12.3. The van der Waals surface area contributed by atoms with Crippen LogP contribution < -0.4 is 19.7 Å². The molecular weight excluding hydrogens is 834 g/mol. The highest BCUT2D eigenvalue weighted by molar-refractivity contribution is 7.92. The van der Waals surface area contributed by atoms with Gasteiger partial charge >= 0.3 is 18.3 Å². The number of rotatable bonds is 9. The fourth-order valence-electron chi connectivity index (χ4n) is 6.85. The van der Waals surface area contributed by atoms with Crippen molar-refractivity contribution in [2.75, 3.05) is 16.7 Å². The average molecular weight is 892 g/mol. The molecule has 2 N–H and O–H groups in total. The van der Waals surface area contributed by atoms with Crippen molar-refractivity contribution in [1.29, 1.82) is 0 Å². The molecule has 0 atom stereocenters. The van der Waals surface area contributed by atoms with Crippen molar-refractivity contribution < 1.29 is 59.0 Å². The zero-order valence-electron chi connectivity index (χ0n) is 39.5. The number of carbonyl (C=O) groups excluding carboxylic acids is 3. The quantitative estimate of drug-likeness (QED) is 0.153. The Bertz CT molecular complexity index is 2550. The van der Waals surface area contributed by atoms with Crippen LogP contribution in [0.3, 0.4) is 0 Å². The first-order chi connectivity index (χ1) is 29.7. The second-order valence-electron chi connectivity index (χ2n) is 18.3. The molecule has 0 spiro atoms. The molecule has 4 aromatic rings. The smallest absolute Gasteiger partial charge is 0.425 e. The molecule has 2 aromatic carbocycles. The summed E-state index contributed by atoms with van der Waals surface area (Å²) in [6.07, 6.45) is 0.579. The number of aromatic nitrogens is 3. The maximum atomic E-state index is 16.7. The number of nitrogens with one attached hydrogen (secondary N) is 2. The van der Waals surface area contributed by atoms with E-state index in [0.29, 0.717) is 65.9 Å². The number of hydrogen-bond donors (Lipinski definition) is 2. The fraction of sp³-hybridized carbons (Fsp3) is 0.512. The molecule has 0 aliphatic heterocycles. The molecule has 5 rings (SSSR count). The molecule has 62 heavy (non-hydrogen) atoms. The lowest BCUT2D eigenvalue weighted by Crippen LogP contribution is -2.44. The van der Waals surface area contributed by atoms with Crippen molar-refractivity contribution in [3.05, 3.63) is 59.5 Å². The van der Waals surface area contributed by atoms with Gasteiger partial charge < -0.3 is 24.3 Å². The molecule has 338 valence electrons. The van der Waals surface area contributed by atoms with Crippen molar-refractivity contribution in [3.8, 4) is 17.0 Å². The molecule has 1 aliphatic carbocycles. The van der Waals surface area contributed by atoms with Gasteiger partial charge in [-0.2, -0.15) is 10.00 Å². The number of ether oxygens (including phenoxy) is 4. The Morgan fingerprint density at radius 2 is 1.45 bits per heavy atom. The fourth-order valence-corrected chi connectivity index (χ4v) is 8.01. The molecule has 2 heterocycles. The number of pyridine rings is 1. The van der Waals surface area contributed by atoms with Gasteiger partial charge in [0.1, 0.15) is 50.6 Å². The van der Waals surface area contributed by atoms with E-state index in [1.807, 2.05) is 4.72 Å². The minimum absolute atomic E-state index is 0.0818. The molecule has 0 saturated heterocycles. The number of fused-ring (bicyclic) bond motifs is 1. The first-order valence-corrected chi connectivity index (χ1v) is 21.4. The van der Waals surface area contributed by atoms with E-state index in [1.165, 1.54) is 10.9 Å². The van der Waals surface area contributed by atoms with Gasteiger partial charge in [-0.05, 0) is 132 Å². The van der Waals surface area contributed by atoms with Gasteiger partial charge in [-0.25, -0.2) is 41.0 Å². The highest BCUT2D eigenvalue weighted by Crippen LogP contribution is 2.44. The van der Waals surface area contributed by atoms with E-state index in [1.54, 1.807) is 76.2 Å². The van der Waals surface area contributed by atoms with E-state index in [0.717, 1.165) is 6.07 Å². The lowest BCUT2D eigenvalue weighted by molar-refractivity contribution is 0.0425. The van der Waals surface area contributed by atoms with Crippen LogP contribution in [0.1, 0.15) is 123 Å². The standard InChI is InChI=1S/C43H55F3N6O9S/c1-23(2)52-36-28(24-13-15-25(16-14-24)48-38(53)59-41(3,4)5)22-47-37(51(39(54)60-42(6,7)8)40(55)61-43(9,10)11)34(36)35(49-52)27-20-31(46)32(21-30(27)45)50-62(56,57)33-19-26(58-12)17-18-29(33)44/h17-25,50H,13-16H2,1-12H3,(H,48,53)/i12D3. The predicted octanol–water partition coefficient (Wildman–Crippen LogP) is 10.1. The van der Waals surface area contributed by atoms with Crippen molar-refractivity contribution >= 4 is 50.7 Å². The van der Waals surface area contributed by atoms with Crippen LogP contribution in [0.4, 0.5) is 39.1 Å². The normalized spacial score (nSPS) is 17.1. The van der Waals surface area contributed by atoms with Gasteiger partial charge in [0.15, 0.2) is 5.82 Å². The molecule has 1 saturated carbocycles. The number of hydrogen-bond acceptors (Lipinski definition) is 11. The molecule has 2 aromatic heterocycles. The zero-order chi connectivity index (χ0) is 48.8. The van der Waals surface area contributed by atoms with Gasteiger partial charge in [0.05, 0.1) is 27.7 Å². The topological polar surface area (TPSA) is 180 Å². The van der Waals surface area contributed by atoms with Crippen LogP contribution in [0.5, 0.6) is 5.75 Å².